The van der Waals surface area contributed by atoms with Crippen molar-refractivity contribution in [3.8, 4) is 0 Å². The molecule has 0 aliphatic carbocycles. The number of rotatable bonds is 5. The Morgan fingerprint density at radius 1 is 1.14 bits per heavy atom. The number of nitrogens with one attached hydrogen (secondary N) is 1. The Kier molecular flexibility index (Phi) is 5.91. The van der Waals surface area contributed by atoms with Crippen molar-refractivity contribution in [2.24, 2.45) is 0 Å². The summed E-state index contributed by atoms with van der Waals surface area (Å²) in [6.07, 6.45) is -1.23. The van der Waals surface area contributed by atoms with Crippen molar-refractivity contribution in [2.75, 3.05) is 5.32 Å². The van der Waals surface area contributed by atoms with Gasteiger partial charge in [0, 0.05) is 5.69 Å². The van der Waals surface area contributed by atoms with Gasteiger partial charge >= 0.3 is 18.0 Å². The number of carboxylic acids is 1. The first-order valence-corrected chi connectivity index (χ1v) is 6.62. The summed E-state index contributed by atoms with van der Waals surface area (Å²) in [6.45, 7) is 5.27. The van der Waals surface area contributed by atoms with Gasteiger partial charge in [-0.2, -0.15) is 0 Å². The average Bonchev–Trinajstić information content (AvgIpc) is 2.34. The van der Waals surface area contributed by atoms with Gasteiger partial charge in [0.05, 0.1) is 0 Å². The smallest absolute Gasteiger partial charge is 0.412 e. The van der Waals surface area contributed by atoms with Crippen LogP contribution in [0.15, 0.2) is 24.3 Å². The standard InChI is InChI=1S/C15H19NO6/c1-15(2,3)22-14(20)16-11-6-4-10(5-7-11)9-21-13(19)8-12(17)18/h4-7H,8-9H2,1-3H3,(H,16,20)(H,17,18). The Morgan fingerprint density at radius 3 is 2.23 bits per heavy atom. The van der Waals surface area contributed by atoms with E-state index in [0.29, 0.717) is 11.3 Å². The lowest BCUT2D eigenvalue weighted by Gasteiger charge is -2.19. The van der Waals surface area contributed by atoms with Crippen LogP contribution in [0.1, 0.15) is 32.8 Å². The highest BCUT2D eigenvalue weighted by atomic mass is 16.6. The van der Waals surface area contributed by atoms with Crippen molar-refractivity contribution >= 4 is 23.7 Å². The van der Waals surface area contributed by atoms with Gasteiger partial charge in [-0.15, -0.1) is 0 Å². The van der Waals surface area contributed by atoms with E-state index in [0.717, 1.165) is 0 Å². The largest absolute Gasteiger partial charge is 0.481 e. The molecule has 0 spiro atoms. The highest BCUT2D eigenvalue weighted by Crippen LogP contribution is 2.13. The van der Waals surface area contributed by atoms with Gasteiger partial charge in [0.2, 0.25) is 0 Å². The van der Waals surface area contributed by atoms with E-state index >= 15 is 0 Å². The molecule has 0 atom stereocenters. The molecular formula is C15H19NO6. The van der Waals surface area contributed by atoms with E-state index in [9.17, 15) is 14.4 Å². The molecule has 0 fully saturated rings. The summed E-state index contributed by atoms with van der Waals surface area (Å²) in [7, 11) is 0. The lowest BCUT2D eigenvalue weighted by atomic mass is 10.2. The number of ether oxygens (including phenoxy) is 2. The molecule has 0 saturated heterocycles. The summed E-state index contributed by atoms with van der Waals surface area (Å²) in [5.41, 5.74) is 0.630. The maximum atomic E-state index is 11.6. The molecule has 0 heterocycles. The van der Waals surface area contributed by atoms with Crippen LogP contribution in [-0.4, -0.2) is 28.7 Å². The summed E-state index contributed by atoms with van der Waals surface area (Å²) in [4.78, 5) is 33.0. The fraction of sp³-hybridized carbons (Fsp3) is 0.400. The Bertz CT molecular complexity index is 544. The van der Waals surface area contributed by atoms with E-state index in [1.165, 1.54) is 0 Å². The first kappa shape index (κ1) is 17.5. The van der Waals surface area contributed by atoms with Gasteiger partial charge in [-0.3, -0.25) is 14.9 Å². The summed E-state index contributed by atoms with van der Waals surface area (Å²) >= 11 is 0. The quantitative estimate of drug-likeness (QED) is 0.640. The van der Waals surface area contributed by atoms with Gasteiger partial charge in [-0.05, 0) is 38.5 Å². The fourth-order valence-electron chi connectivity index (χ4n) is 1.44. The van der Waals surface area contributed by atoms with Crippen LogP contribution < -0.4 is 5.32 Å². The number of hydrogen-bond donors (Lipinski definition) is 2. The molecule has 22 heavy (non-hydrogen) atoms. The maximum Gasteiger partial charge on any atom is 0.412 e. The van der Waals surface area contributed by atoms with E-state index in [4.69, 9.17) is 14.6 Å². The molecule has 1 amide bonds. The van der Waals surface area contributed by atoms with Crippen LogP contribution in [0.2, 0.25) is 0 Å². The minimum Gasteiger partial charge on any atom is -0.481 e. The predicted molar refractivity (Wildman–Crippen MR) is 78.3 cm³/mol. The summed E-state index contributed by atoms with van der Waals surface area (Å²) in [6, 6.07) is 6.57. The minimum absolute atomic E-state index is 0.0289. The molecule has 120 valence electrons. The van der Waals surface area contributed by atoms with Crippen LogP contribution in [0, 0.1) is 0 Å². The van der Waals surface area contributed by atoms with Crippen molar-refractivity contribution < 1.29 is 29.0 Å². The molecular weight excluding hydrogens is 290 g/mol. The van der Waals surface area contributed by atoms with Crippen LogP contribution in [-0.2, 0) is 25.7 Å². The van der Waals surface area contributed by atoms with Gasteiger partial charge in [-0.25, -0.2) is 4.79 Å². The van der Waals surface area contributed by atoms with E-state index in [1.807, 2.05) is 0 Å². The van der Waals surface area contributed by atoms with E-state index in [-0.39, 0.29) is 6.61 Å². The van der Waals surface area contributed by atoms with E-state index in [1.54, 1.807) is 45.0 Å². The molecule has 7 nitrogen and oxygen atoms in total. The third-order valence-corrected chi connectivity index (χ3v) is 2.29. The molecule has 1 aromatic rings. The molecule has 0 bridgehead atoms. The van der Waals surface area contributed by atoms with Gasteiger partial charge in [0.15, 0.2) is 0 Å². The fourth-order valence-corrected chi connectivity index (χ4v) is 1.44. The third-order valence-electron chi connectivity index (χ3n) is 2.29. The molecule has 7 heteroatoms. The number of amides is 1. The minimum atomic E-state index is -1.23. The van der Waals surface area contributed by atoms with Crippen LogP contribution >= 0.6 is 0 Å². The molecule has 1 rings (SSSR count). The maximum absolute atomic E-state index is 11.6. The van der Waals surface area contributed by atoms with Crippen molar-refractivity contribution in [2.45, 2.75) is 39.4 Å². The number of aliphatic carboxylic acids is 1. The van der Waals surface area contributed by atoms with Crippen molar-refractivity contribution in [1.82, 2.24) is 0 Å². The first-order chi connectivity index (χ1) is 10.2. The van der Waals surface area contributed by atoms with Crippen LogP contribution in [0.4, 0.5) is 10.5 Å². The zero-order valence-corrected chi connectivity index (χ0v) is 12.7. The van der Waals surface area contributed by atoms with Crippen molar-refractivity contribution in [3.63, 3.8) is 0 Å². The second-order valence-electron chi connectivity index (χ2n) is 5.56. The second-order valence-corrected chi connectivity index (χ2v) is 5.56. The number of esters is 1. The normalized spacial score (nSPS) is 10.7. The topological polar surface area (TPSA) is 102 Å². The molecule has 0 aromatic heterocycles. The molecule has 2 N–H and O–H groups in total. The Labute approximate surface area is 128 Å². The van der Waals surface area contributed by atoms with E-state index < -0.39 is 30.1 Å². The van der Waals surface area contributed by atoms with Gasteiger partial charge in [0.25, 0.3) is 0 Å². The first-order valence-electron chi connectivity index (χ1n) is 6.62. The van der Waals surface area contributed by atoms with Gasteiger partial charge in [0.1, 0.15) is 18.6 Å². The van der Waals surface area contributed by atoms with Crippen molar-refractivity contribution in [1.29, 1.82) is 0 Å². The van der Waals surface area contributed by atoms with E-state index in [2.05, 4.69) is 5.32 Å². The number of carboxylic acid groups (broad SMARTS) is 1. The average molecular weight is 309 g/mol. The summed E-state index contributed by atoms with van der Waals surface area (Å²) in [5, 5.41) is 11.0. The predicted octanol–water partition coefficient (Wildman–Crippen LogP) is 2.55. The number of benzene rings is 1. The number of hydrogen-bond acceptors (Lipinski definition) is 5. The van der Waals surface area contributed by atoms with Crippen LogP contribution in [0.25, 0.3) is 0 Å². The lowest BCUT2D eigenvalue weighted by Crippen LogP contribution is -2.27. The van der Waals surface area contributed by atoms with Crippen LogP contribution in [0.5, 0.6) is 0 Å². The van der Waals surface area contributed by atoms with Crippen LogP contribution in [0.3, 0.4) is 0 Å². The lowest BCUT2D eigenvalue weighted by molar-refractivity contribution is -0.152. The Hall–Kier alpha value is -2.57. The molecule has 1 aromatic carbocycles. The number of carbonyl (C=O) groups excluding carboxylic acids is 2. The highest BCUT2D eigenvalue weighted by Gasteiger charge is 2.16. The van der Waals surface area contributed by atoms with Gasteiger partial charge in [-0.1, -0.05) is 12.1 Å². The highest BCUT2D eigenvalue weighted by molar-refractivity contribution is 5.90. The molecule has 0 saturated carbocycles. The molecule has 0 radical (unpaired) electrons. The number of carbonyl (C=O) groups is 3. The zero-order chi connectivity index (χ0) is 16.8. The summed E-state index contributed by atoms with van der Waals surface area (Å²) < 4.78 is 9.91. The number of anilines is 1. The Morgan fingerprint density at radius 2 is 1.73 bits per heavy atom. The monoisotopic (exact) mass is 309 g/mol. The zero-order valence-electron chi connectivity index (χ0n) is 12.7. The summed E-state index contributed by atoms with van der Waals surface area (Å²) in [5.74, 6) is -2.04. The Balaban J connectivity index is 2.48. The van der Waals surface area contributed by atoms with Gasteiger partial charge < -0.3 is 14.6 Å². The SMILES string of the molecule is CC(C)(C)OC(=O)Nc1ccc(COC(=O)CC(=O)O)cc1. The second kappa shape index (κ2) is 7.44. The molecule has 0 unspecified atom stereocenters. The molecule has 0 aliphatic rings. The molecule has 0 aliphatic heterocycles. The third kappa shape index (κ3) is 7.28. The van der Waals surface area contributed by atoms with Crippen molar-refractivity contribution in [3.05, 3.63) is 29.8 Å².